The van der Waals surface area contributed by atoms with Crippen LogP contribution in [0.4, 0.5) is 10.5 Å². The Balaban J connectivity index is 1.92. The second-order valence-corrected chi connectivity index (χ2v) is 5.73. The summed E-state index contributed by atoms with van der Waals surface area (Å²) in [5, 5.41) is 11.8. The summed E-state index contributed by atoms with van der Waals surface area (Å²) in [6.45, 7) is 5.19. The molecule has 5 heteroatoms. The van der Waals surface area contributed by atoms with Gasteiger partial charge >= 0.3 is 12.0 Å². The summed E-state index contributed by atoms with van der Waals surface area (Å²) in [4.78, 5) is 24.8. The lowest BCUT2D eigenvalue weighted by atomic mass is 9.94. The zero-order chi connectivity index (χ0) is 15.4. The van der Waals surface area contributed by atoms with E-state index in [-0.39, 0.29) is 18.4 Å². The Morgan fingerprint density at radius 1 is 1.24 bits per heavy atom. The fourth-order valence-corrected chi connectivity index (χ4v) is 2.78. The van der Waals surface area contributed by atoms with Gasteiger partial charge in [0.2, 0.25) is 0 Å². The fraction of sp³-hybridized carbons (Fsp3) is 0.500. The van der Waals surface area contributed by atoms with Crippen molar-refractivity contribution in [3.05, 3.63) is 29.3 Å². The first-order chi connectivity index (χ1) is 9.97. The number of carbonyl (C=O) groups is 2. The standard InChI is InChI=1S/C16H22N2O3/c1-11-4-3-5-12(2)15(11)17-16(21)18-8-6-13(7-9-18)10-14(19)20/h3-5,13H,6-10H2,1-2H3,(H,17,21)(H,19,20). The van der Waals surface area contributed by atoms with Crippen molar-refractivity contribution < 1.29 is 14.7 Å². The zero-order valence-corrected chi connectivity index (χ0v) is 12.6. The van der Waals surface area contributed by atoms with E-state index >= 15 is 0 Å². The Bertz CT molecular complexity index is 514. The quantitative estimate of drug-likeness (QED) is 0.899. The van der Waals surface area contributed by atoms with Crippen LogP contribution >= 0.6 is 0 Å². The van der Waals surface area contributed by atoms with Crippen molar-refractivity contribution in [1.29, 1.82) is 0 Å². The highest BCUT2D eigenvalue weighted by Gasteiger charge is 2.24. The molecule has 2 rings (SSSR count). The number of amides is 2. The highest BCUT2D eigenvalue weighted by Crippen LogP contribution is 2.23. The predicted octanol–water partition coefficient (Wildman–Crippen LogP) is 3.02. The summed E-state index contributed by atoms with van der Waals surface area (Å²) in [7, 11) is 0. The number of urea groups is 1. The van der Waals surface area contributed by atoms with Crippen LogP contribution in [0.2, 0.25) is 0 Å². The molecule has 0 bridgehead atoms. The van der Waals surface area contributed by atoms with Crippen molar-refractivity contribution in [2.75, 3.05) is 18.4 Å². The molecule has 2 N–H and O–H groups in total. The van der Waals surface area contributed by atoms with Crippen molar-refractivity contribution in [2.24, 2.45) is 5.92 Å². The summed E-state index contributed by atoms with van der Waals surface area (Å²) < 4.78 is 0. The molecular weight excluding hydrogens is 268 g/mol. The third kappa shape index (κ3) is 3.97. The van der Waals surface area contributed by atoms with E-state index in [0.717, 1.165) is 29.7 Å². The van der Waals surface area contributed by atoms with Crippen LogP contribution in [0.3, 0.4) is 0 Å². The monoisotopic (exact) mass is 290 g/mol. The summed E-state index contributed by atoms with van der Waals surface area (Å²) in [6, 6.07) is 5.82. The second kappa shape index (κ2) is 6.61. The lowest BCUT2D eigenvalue weighted by Gasteiger charge is -2.31. The number of carbonyl (C=O) groups excluding carboxylic acids is 1. The Morgan fingerprint density at radius 3 is 2.33 bits per heavy atom. The predicted molar refractivity (Wildman–Crippen MR) is 81.5 cm³/mol. The van der Waals surface area contributed by atoms with Crippen LogP contribution in [0.1, 0.15) is 30.4 Å². The maximum Gasteiger partial charge on any atom is 0.321 e. The average Bonchev–Trinajstić information content (AvgIpc) is 2.43. The summed E-state index contributed by atoms with van der Waals surface area (Å²) in [6.07, 6.45) is 1.71. The molecule has 5 nitrogen and oxygen atoms in total. The first-order valence-electron chi connectivity index (χ1n) is 7.31. The van der Waals surface area contributed by atoms with Crippen LogP contribution in [-0.4, -0.2) is 35.1 Å². The Hall–Kier alpha value is -2.04. The molecule has 1 aromatic carbocycles. The Labute approximate surface area is 125 Å². The minimum Gasteiger partial charge on any atom is -0.481 e. The SMILES string of the molecule is Cc1cccc(C)c1NC(=O)N1CCC(CC(=O)O)CC1. The van der Waals surface area contributed by atoms with Crippen LogP contribution in [0, 0.1) is 19.8 Å². The number of rotatable bonds is 3. The molecule has 1 fully saturated rings. The number of para-hydroxylation sites is 1. The van der Waals surface area contributed by atoms with Gasteiger partial charge < -0.3 is 15.3 Å². The molecule has 114 valence electrons. The summed E-state index contributed by atoms with van der Waals surface area (Å²) in [5.41, 5.74) is 2.96. The minimum absolute atomic E-state index is 0.0961. The van der Waals surface area contributed by atoms with Gasteiger partial charge in [-0.1, -0.05) is 18.2 Å². The Kier molecular flexibility index (Phi) is 4.83. The van der Waals surface area contributed by atoms with Gasteiger partial charge in [0.05, 0.1) is 0 Å². The van der Waals surface area contributed by atoms with Crippen molar-refractivity contribution >= 4 is 17.7 Å². The van der Waals surface area contributed by atoms with E-state index in [4.69, 9.17) is 5.11 Å². The number of hydrogen-bond donors (Lipinski definition) is 2. The van der Waals surface area contributed by atoms with Gasteiger partial charge in [-0.2, -0.15) is 0 Å². The number of piperidine rings is 1. The van der Waals surface area contributed by atoms with Crippen LogP contribution in [-0.2, 0) is 4.79 Å². The van der Waals surface area contributed by atoms with Crippen LogP contribution < -0.4 is 5.32 Å². The van der Waals surface area contributed by atoms with Crippen molar-refractivity contribution in [2.45, 2.75) is 33.1 Å². The normalized spacial score (nSPS) is 15.8. The largest absolute Gasteiger partial charge is 0.481 e. The molecule has 0 radical (unpaired) electrons. The molecule has 1 aromatic rings. The third-order valence-electron chi connectivity index (χ3n) is 4.08. The highest BCUT2D eigenvalue weighted by molar-refractivity contribution is 5.91. The van der Waals surface area contributed by atoms with Gasteiger partial charge in [0, 0.05) is 25.2 Å². The zero-order valence-electron chi connectivity index (χ0n) is 12.6. The smallest absolute Gasteiger partial charge is 0.321 e. The molecule has 0 spiro atoms. The summed E-state index contributed by atoms with van der Waals surface area (Å²) >= 11 is 0. The molecule has 1 aliphatic heterocycles. The molecule has 0 unspecified atom stereocenters. The highest BCUT2D eigenvalue weighted by atomic mass is 16.4. The van der Waals surface area contributed by atoms with Gasteiger partial charge in [-0.3, -0.25) is 4.79 Å². The van der Waals surface area contributed by atoms with Gasteiger partial charge in [0.25, 0.3) is 0 Å². The fourth-order valence-electron chi connectivity index (χ4n) is 2.78. The maximum atomic E-state index is 12.3. The minimum atomic E-state index is -0.756. The van der Waals surface area contributed by atoms with Gasteiger partial charge in [-0.25, -0.2) is 4.79 Å². The molecule has 0 aromatic heterocycles. The molecular formula is C16H22N2O3. The first kappa shape index (κ1) is 15.4. The van der Waals surface area contributed by atoms with E-state index in [1.54, 1.807) is 4.90 Å². The number of carboxylic acid groups (broad SMARTS) is 1. The number of nitrogens with zero attached hydrogens (tertiary/aromatic N) is 1. The second-order valence-electron chi connectivity index (χ2n) is 5.73. The lowest BCUT2D eigenvalue weighted by molar-refractivity contribution is -0.138. The third-order valence-corrected chi connectivity index (χ3v) is 4.08. The molecule has 1 saturated heterocycles. The van der Waals surface area contributed by atoms with E-state index in [2.05, 4.69) is 5.32 Å². The number of likely N-dealkylation sites (tertiary alicyclic amines) is 1. The number of nitrogens with one attached hydrogen (secondary N) is 1. The molecule has 2 amide bonds. The van der Waals surface area contributed by atoms with E-state index in [1.807, 2.05) is 32.0 Å². The molecule has 1 aliphatic rings. The maximum absolute atomic E-state index is 12.3. The molecule has 0 aliphatic carbocycles. The first-order valence-corrected chi connectivity index (χ1v) is 7.31. The average molecular weight is 290 g/mol. The number of benzene rings is 1. The van der Waals surface area contributed by atoms with E-state index in [9.17, 15) is 9.59 Å². The van der Waals surface area contributed by atoms with Crippen LogP contribution in [0.5, 0.6) is 0 Å². The van der Waals surface area contributed by atoms with E-state index in [1.165, 1.54) is 0 Å². The van der Waals surface area contributed by atoms with Crippen molar-refractivity contribution in [3.63, 3.8) is 0 Å². The van der Waals surface area contributed by atoms with Crippen LogP contribution in [0.25, 0.3) is 0 Å². The topological polar surface area (TPSA) is 69.6 Å². The summed E-state index contributed by atoms with van der Waals surface area (Å²) in [5.74, 6) is -0.569. The van der Waals surface area contributed by atoms with Gasteiger partial charge in [-0.05, 0) is 43.7 Å². The number of aryl methyl sites for hydroxylation is 2. The number of carboxylic acids is 1. The van der Waals surface area contributed by atoms with E-state index < -0.39 is 5.97 Å². The number of anilines is 1. The van der Waals surface area contributed by atoms with E-state index in [0.29, 0.717) is 13.1 Å². The van der Waals surface area contributed by atoms with Gasteiger partial charge in [-0.15, -0.1) is 0 Å². The number of aliphatic carboxylic acids is 1. The molecule has 1 heterocycles. The van der Waals surface area contributed by atoms with Crippen molar-refractivity contribution in [3.8, 4) is 0 Å². The Morgan fingerprint density at radius 2 is 1.81 bits per heavy atom. The molecule has 21 heavy (non-hydrogen) atoms. The van der Waals surface area contributed by atoms with Gasteiger partial charge in [0.1, 0.15) is 0 Å². The molecule has 0 atom stereocenters. The lowest BCUT2D eigenvalue weighted by Crippen LogP contribution is -2.41. The number of hydrogen-bond acceptors (Lipinski definition) is 2. The van der Waals surface area contributed by atoms with Gasteiger partial charge in [0.15, 0.2) is 0 Å². The van der Waals surface area contributed by atoms with Crippen LogP contribution in [0.15, 0.2) is 18.2 Å². The molecule has 0 saturated carbocycles. The van der Waals surface area contributed by atoms with Crippen molar-refractivity contribution in [1.82, 2.24) is 4.90 Å².